The highest BCUT2D eigenvalue weighted by molar-refractivity contribution is 6.32. The number of hydrogen-bond acceptors (Lipinski definition) is 5. The number of benzene rings is 2. The van der Waals surface area contributed by atoms with Crippen molar-refractivity contribution in [2.45, 2.75) is 44.1 Å². The third-order valence-corrected chi connectivity index (χ3v) is 6.74. The Morgan fingerprint density at radius 1 is 1.25 bits per heavy atom. The zero-order valence-corrected chi connectivity index (χ0v) is 19.5. The van der Waals surface area contributed by atoms with Gasteiger partial charge in [0.1, 0.15) is 24.5 Å². The summed E-state index contributed by atoms with van der Waals surface area (Å²) < 4.78 is 59.2. The van der Waals surface area contributed by atoms with Gasteiger partial charge in [-0.2, -0.15) is 18.4 Å². The smallest absolute Gasteiger partial charge is 0.418 e. The summed E-state index contributed by atoms with van der Waals surface area (Å²) in [6.45, 7) is -0.753. The third kappa shape index (κ3) is 4.26. The molecule has 1 unspecified atom stereocenters. The Morgan fingerprint density at radius 2 is 1.92 bits per heavy atom. The highest BCUT2D eigenvalue weighted by atomic mass is 35.5. The molecule has 1 saturated heterocycles. The van der Waals surface area contributed by atoms with E-state index < -0.39 is 54.6 Å². The average Bonchev–Trinajstić information content (AvgIpc) is 3.30. The molecule has 4 rings (SSSR count). The number of nitrogens with zero attached hydrogens (tertiary/aromatic N) is 3. The van der Waals surface area contributed by atoms with E-state index in [9.17, 15) is 37.2 Å². The number of ether oxygens (including phenoxy) is 1. The third-order valence-electron chi connectivity index (χ3n) is 6.43. The molecule has 3 amide bonds. The van der Waals surface area contributed by atoms with Gasteiger partial charge in [0, 0.05) is 18.5 Å². The van der Waals surface area contributed by atoms with Crippen LogP contribution in [-0.4, -0.2) is 46.5 Å². The molecule has 12 heteroatoms. The van der Waals surface area contributed by atoms with Crippen molar-refractivity contribution in [3.8, 4) is 6.07 Å². The van der Waals surface area contributed by atoms with E-state index in [1.807, 2.05) is 6.07 Å². The topological polar surface area (TPSA) is 90.7 Å². The number of nitriles is 1. The molecule has 1 aliphatic heterocycles. The van der Waals surface area contributed by atoms with Crippen molar-refractivity contribution in [1.82, 2.24) is 9.80 Å². The summed E-state index contributed by atoms with van der Waals surface area (Å²) in [7, 11) is 0. The zero-order chi connectivity index (χ0) is 26.4. The molecule has 2 atom stereocenters. The highest BCUT2D eigenvalue weighted by Crippen LogP contribution is 2.47. The van der Waals surface area contributed by atoms with Crippen molar-refractivity contribution >= 4 is 29.5 Å². The molecule has 0 radical (unpaired) electrons. The maximum Gasteiger partial charge on any atom is 0.418 e. The van der Waals surface area contributed by atoms with Gasteiger partial charge in [-0.25, -0.2) is 14.1 Å². The molecule has 0 N–H and O–H groups in total. The first-order valence-electron chi connectivity index (χ1n) is 10.8. The molecule has 1 spiro atoms. The second-order valence-electron chi connectivity index (χ2n) is 8.51. The van der Waals surface area contributed by atoms with Gasteiger partial charge in [0.15, 0.2) is 0 Å². The molecule has 7 nitrogen and oxygen atoms in total. The first kappa shape index (κ1) is 25.4. The Hall–Kier alpha value is -3.65. The number of amides is 3. The van der Waals surface area contributed by atoms with Crippen molar-refractivity contribution in [2.75, 3.05) is 6.54 Å². The van der Waals surface area contributed by atoms with E-state index in [0.717, 1.165) is 19.1 Å². The van der Waals surface area contributed by atoms with Crippen LogP contribution in [0.2, 0.25) is 5.02 Å². The standard InChI is InChI=1S/C24H18ClF4N3O4/c1-13(24(27,28)29)31(11-14-2-4-15(26)5-3-14)20(33)12-32-21(34)23(36-22(32)35)9-8-16-17(10-30)19(25)7-6-18(16)23/h2-7,13H,8-9,11-12H2,1H3/t13-,23?/m0/s1. The summed E-state index contributed by atoms with van der Waals surface area (Å²) in [5.41, 5.74) is -0.751. The monoisotopic (exact) mass is 523 g/mol. The summed E-state index contributed by atoms with van der Waals surface area (Å²) in [6.07, 6.45) is -5.80. The van der Waals surface area contributed by atoms with Crippen LogP contribution >= 0.6 is 11.6 Å². The van der Waals surface area contributed by atoms with Crippen LogP contribution in [0.4, 0.5) is 22.4 Å². The molecule has 0 aromatic heterocycles. The Bertz CT molecular complexity index is 1290. The minimum Gasteiger partial charge on any atom is -0.427 e. The maximum absolute atomic E-state index is 13.5. The first-order valence-corrected chi connectivity index (χ1v) is 11.1. The lowest BCUT2D eigenvalue weighted by Crippen LogP contribution is -2.51. The maximum atomic E-state index is 13.5. The number of carbonyl (C=O) groups excluding carboxylic acids is 3. The molecule has 188 valence electrons. The molecular formula is C24H18ClF4N3O4. The first-order chi connectivity index (χ1) is 16.9. The summed E-state index contributed by atoms with van der Waals surface area (Å²) in [4.78, 5) is 40.0. The van der Waals surface area contributed by atoms with Crippen LogP contribution < -0.4 is 0 Å². The second kappa shape index (κ2) is 9.09. The largest absolute Gasteiger partial charge is 0.427 e. The van der Waals surface area contributed by atoms with Gasteiger partial charge in [-0.15, -0.1) is 0 Å². The summed E-state index contributed by atoms with van der Waals surface area (Å²) in [6, 6.07) is 7.08. The van der Waals surface area contributed by atoms with Gasteiger partial charge >= 0.3 is 12.3 Å². The van der Waals surface area contributed by atoms with Gasteiger partial charge in [-0.1, -0.05) is 29.8 Å². The van der Waals surface area contributed by atoms with Crippen LogP contribution in [0, 0.1) is 17.1 Å². The van der Waals surface area contributed by atoms with E-state index in [1.54, 1.807) is 0 Å². The van der Waals surface area contributed by atoms with Crippen LogP contribution in [0.3, 0.4) is 0 Å². The average molecular weight is 524 g/mol. The molecule has 0 bridgehead atoms. The lowest BCUT2D eigenvalue weighted by molar-refractivity contribution is -0.187. The van der Waals surface area contributed by atoms with Gasteiger partial charge in [0.2, 0.25) is 11.5 Å². The van der Waals surface area contributed by atoms with Crippen molar-refractivity contribution in [1.29, 1.82) is 5.26 Å². The summed E-state index contributed by atoms with van der Waals surface area (Å²) in [5, 5.41) is 9.58. The molecular weight excluding hydrogens is 506 g/mol. The number of hydrogen-bond donors (Lipinski definition) is 0. The van der Waals surface area contributed by atoms with E-state index in [4.69, 9.17) is 16.3 Å². The van der Waals surface area contributed by atoms with Crippen molar-refractivity contribution in [2.24, 2.45) is 0 Å². The van der Waals surface area contributed by atoms with Crippen LogP contribution in [-0.2, 0) is 32.9 Å². The predicted molar refractivity (Wildman–Crippen MR) is 117 cm³/mol. The molecule has 2 aliphatic rings. The number of imide groups is 1. The van der Waals surface area contributed by atoms with Crippen LogP contribution in [0.25, 0.3) is 0 Å². The van der Waals surface area contributed by atoms with Gasteiger partial charge in [0.05, 0.1) is 10.6 Å². The molecule has 0 saturated carbocycles. The quantitative estimate of drug-likeness (QED) is 0.540. The fourth-order valence-corrected chi connectivity index (χ4v) is 4.68. The SMILES string of the molecule is C[C@H](N(Cc1ccc(F)cc1)C(=O)CN1C(=O)OC2(CCc3c2ccc(Cl)c3C#N)C1=O)C(F)(F)F. The van der Waals surface area contributed by atoms with Crippen LogP contribution in [0.15, 0.2) is 36.4 Å². The van der Waals surface area contributed by atoms with Crippen LogP contribution in [0.5, 0.6) is 0 Å². The molecule has 1 aliphatic carbocycles. The van der Waals surface area contributed by atoms with Gasteiger partial charge < -0.3 is 9.64 Å². The molecule has 1 fully saturated rings. The minimum absolute atomic E-state index is 0.00906. The van der Waals surface area contributed by atoms with E-state index >= 15 is 0 Å². The normalized spacial score (nSPS) is 19.8. The van der Waals surface area contributed by atoms with Gasteiger partial charge in [-0.3, -0.25) is 9.59 Å². The molecule has 1 heterocycles. The van der Waals surface area contributed by atoms with Gasteiger partial charge in [-0.05, 0) is 42.7 Å². The van der Waals surface area contributed by atoms with Gasteiger partial charge in [0.25, 0.3) is 5.91 Å². The molecule has 2 aromatic carbocycles. The van der Waals surface area contributed by atoms with E-state index in [-0.39, 0.29) is 34.6 Å². The lowest BCUT2D eigenvalue weighted by Gasteiger charge is -2.31. The number of carbonyl (C=O) groups is 3. The van der Waals surface area contributed by atoms with E-state index in [2.05, 4.69) is 0 Å². The predicted octanol–water partition coefficient (Wildman–Crippen LogP) is 4.45. The highest BCUT2D eigenvalue weighted by Gasteiger charge is 2.59. The summed E-state index contributed by atoms with van der Waals surface area (Å²) in [5.74, 6) is -2.67. The lowest BCUT2D eigenvalue weighted by atomic mass is 9.93. The van der Waals surface area contributed by atoms with E-state index in [1.165, 1.54) is 24.3 Å². The summed E-state index contributed by atoms with van der Waals surface area (Å²) >= 11 is 6.05. The van der Waals surface area contributed by atoms with E-state index in [0.29, 0.717) is 15.4 Å². The second-order valence-corrected chi connectivity index (χ2v) is 8.92. The zero-order valence-electron chi connectivity index (χ0n) is 18.7. The minimum atomic E-state index is -4.80. The fourth-order valence-electron chi connectivity index (χ4n) is 4.46. The Morgan fingerprint density at radius 3 is 2.53 bits per heavy atom. The molecule has 36 heavy (non-hydrogen) atoms. The molecule has 2 aromatic rings. The fraction of sp³-hybridized carbons (Fsp3) is 0.333. The number of fused-ring (bicyclic) bond motifs is 2. The van der Waals surface area contributed by atoms with Crippen molar-refractivity contribution < 1.29 is 36.7 Å². The Kier molecular flexibility index (Phi) is 6.43. The van der Waals surface area contributed by atoms with Crippen molar-refractivity contribution in [3.05, 3.63) is 69.5 Å². The van der Waals surface area contributed by atoms with Crippen LogP contribution in [0.1, 0.15) is 35.6 Å². The number of rotatable bonds is 5. The number of alkyl halides is 3. The Labute approximate surface area is 207 Å². The number of halogens is 5. The van der Waals surface area contributed by atoms with Crippen molar-refractivity contribution in [3.63, 3.8) is 0 Å². The Balaban J connectivity index is 1.62.